The van der Waals surface area contributed by atoms with Crippen LogP contribution in [0.2, 0.25) is 0 Å². The highest BCUT2D eigenvalue weighted by Crippen LogP contribution is 2.36. The predicted octanol–water partition coefficient (Wildman–Crippen LogP) is 2.32. The summed E-state index contributed by atoms with van der Waals surface area (Å²) in [5.41, 5.74) is 22.6. The lowest BCUT2D eigenvalue weighted by molar-refractivity contribution is 0.227. The third kappa shape index (κ3) is 3.58. The fourth-order valence-corrected chi connectivity index (χ4v) is 4.00. The molecule has 6 N–H and O–H groups in total. The number of rotatable bonds is 0. The first-order valence-electron chi connectivity index (χ1n) is 9.72. The lowest BCUT2D eigenvalue weighted by Crippen LogP contribution is -2.34. The normalized spacial score (nSPS) is 23.2. The van der Waals surface area contributed by atoms with Crippen LogP contribution in [0.3, 0.4) is 0 Å². The molecule has 0 saturated heterocycles. The van der Waals surface area contributed by atoms with Gasteiger partial charge in [0.2, 0.25) is 0 Å². The van der Waals surface area contributed by atoms with Crippen LogP contribution in [0.5, 0.6) is 5.75 Å². The highest BCUT2D eigenvalue weighted by molar-refractivity contribution is 6.13. The molecule has 2 aliphatic heterocycles. The number of fused-ring (bicyclic) bond motifs is 5. The standard InChI is InChI=1S/C22H22FN7O/c1-11-16-7-14(23)3-4-15(16)21(27-2)12(8-24)5-17-20(18(9-25)30-29-17)13-6-19(31-11)22(26)28-10-13/h3-4,6-8,10-11,17,29-30H,5,24H2,1-2H3,(H2,26,28). The Morgan fingerprint density at radius 2 is 2.19 bits per heavy atom. The van der Waals surface area contributed by atoms with Gasteiger partial charge in [-0.05, 0) is 49.4 Å². The lowest BCUT2D eigenvalue weighted by Gasteiger charge is -2.24. The Balaban J connectivity index is 1.97. The van der Waals surface area contributed by atoms with Crippen molar-refractivity contribution >= 4 is 17.1 Å². The summed E-state index contributed by atoms with van der Waals surface area (Å²) in [4.78, 5) is 8.71. The molecule has 9 heteroatoms. The fourth-order valence-electron chi connectivity index (χ4n) is 4.00. The molecular weight excluding hydrogens is 397 g/mol. The maximum atomic E-state index is 14.2. The van der Waals surface area contributed by atoms with Crippen molar-refractivity contribution in [1.82, 2.24) is 15.8 Å². The van der Waals surface area contributed by atoms with Crippen LogP contribution >= 0.6 is 0 Å². The number of hydrazine groups is 1. The average Bonchev–Trinajstić information content (AvgIpc) is 3.17. The minimum atomic E-state index is -0.555. The molecule has 0 spiro atoms. The molecule has 1 aromatic heterocycles. The van der Waals surface area contributed by atoms with Crippen LogP contribution in [0.1, 0.15) is 36.1 Å². The SMILES string of the molecule is CN=C1C(=CN)CC2NNC(C#N)=C2c2cnc(N)c(c2)OC(C)c2cc(F)ccc21. The van der Waals surface area contributed by atoms with Gasteiger partial charge in [-0.25, -0.2) is 14.8 Å². The van der Waals surface area contributed by atoms with Gasteiger partial charge in [0.15, 0.2) is 11.6 Å². The summed E-state index contributed by atoms with van der Waals surface area (Å²) in [7, 11) is 1.66. The predicted molar refractivity (Wildman–Crippen MR) is 116 cm³/mol. The minimum absolute atomic E-state index is 0.201. The van der Waals surface area contributed by atoms with Crippen molar-refractivity contribution in [1.29, 1.82) is 5.26 Å². The Bertz CT molecular complexity index is 1180. The second-order valence-corrected chi connectivity index (χ2v) is 7.29. The number of hydrogen-bond donors (Lipinski definition) is 4. The van der Waals surface area contributed by atoms with E-state index in [0.717, 1.165) is 11.1 Å². The molecule has 0 saturated carbocycles. The monoisotopic (exact) mass is 419 g/mol. The third-order valence-electron chi connectivity index (χ3n) is 5.46. The minimum Gasteiger partial charge on any atom is -0.482 e. The number of ether oxygens (including phenoxy) is 1. The molecule has 0 aliphatic carbocycles. The van der Waals surface area contributed by atoms with Crippen molar-refractivity contribution < 1.29 is 9.13 Å². The number of hydrogen-bond acceptors (Lipinski definition) is 8. The van der Waals surface area contributed by atoms with E-state index in [-0.39, 0.29) is 17.7 Å². The van der Waals surface area contributed by atoms with Crippen molar-refractivity contribution in [3.63, 3.8) is 0 Å². The Morgan fingerprint density at radius 3 is 2.90 bits per heavy atom. The summed E-state index contributed by atoms with van der Waals surface area (Å²) in [5, 5.41) is 9.61. The summed E-state index contributed by atoms with van der Waals surface area (Å²) < 4.78 is 20.3. The van der Waals surface area contributed by atoms with Gasteiger partial charge >= 0.3 is 0 Å². The van der Waals surface area contributed by atoms with Gasteiger partial charge in [-0.2, -0.15) is 5.26 Å². The highest BCUT2D eigenvalue weighted by Gasteiger charge is 2.31. The zero-order valence-electron chi connectivity index (χ0n) is 17.1. The van der Waals surface area contributed by atoms with E-state index in [4.69, 9.17) is 16.2 Å². The van der Waals surface area contributed by atoms with Crippen LogP contribution in [-0.2, 0) is 0 Å². The van der Waals surface area contributed by atoms with E-state index in [2.05, 4.69) is 26.9 Å². The smallest absolute Gasteiger partial charge is 0.166 e. The second kappa shape index (κ2) is 8.08. The Hall–Kier alpha value is -3.90. The number of anilines is 1. The van der Waals surface area contributed by atoms with Crippen LogP contribution in [0.4, 0.5) is 10.2 Å². The number of nitrogens with one attached hydrogen (secondary N) is 2. The number of aromatic nitrogens is 1. The fraction of sp³-hybridized carbons (Fsp3) is 0.227. The molecule has 1 aromatic carbocycles. The zero-order valence-corrected chi connectivity index (χ0v) is 17.1. The summed E-state index contributed by atoms with van der Waals surface area (Å²) in [6.45, 7) is 1.80. The molecule has 31 heavy (non-hydrogen) atoms. The van der Waals surface area contributed by atoms with Crippen LogP contribution < -0.4 is 27.1 Å². The van der Waals surface area contributed by atoms with Gasteiger partial charge in [-0.15, -0.1) is 0 Å². The first-order valence-corrected chi connectivity index (χ1v) is 9.72. The Kier molecular flexibility index (Phi) is 5.31. The molecule has 2 unspecified atom stereocenters. The molecular formula is C22H22FN7O. The molecule has 0 amide bonds. The molecule has 158 valence electrons. The second-order valence-electron chi connectivity index (χ2n) is 7.29. The molecule has 2 atom stereocenters. The van der Waals surface area contributed by atoms with Crippen LogP contribution in [0.15, 0.2) is 52.9 Å². The number of halogens is 1. The van der Waals surface area contributed by atoms with Crippen LogP contribution in [-0.4, -0.2) is 23.8 Å². The Morgan fingerprint density at radius 1 is 1.39 bits per heavy atom. The zero-order chi connectivity index (χ0) is 22.1. The molecule has 2 aromatic rings. The Labute approximate surface area is 179 Å². The quantitative estimate of drug-likeness (QED) is 0.515. The molecule has 2 bridgehead atoms. The van der Waals surface area contributed by atoms with Crippen molar-refractivity contribution in [3.8, 4) is 11.8 Å². The number of pyridine rings is 1. The van der Waals surface area contributed by atoms with Gasteiger partial charge in [-0.3, -0.25) is 4.99 Å². The maximum Gasteiger partial charge on any atom is 0.166 e. The molecule has 4 rings (SSSR count). The highest BCUT2D eigenvalue weighted by atomic mass is 19.1. The number of benzene rings is 1. The van der Waals surface area contributed by atoms with Crippen molar-refractivity contribution in [2.24, 2.45) is 10.7 Å². The first-order chi connectivity index (χ1) is 15.0. The number of nitrogens with zero attached hydrogens (tertiary/aromatic N) is 3. The van der Waals surface area contributed by atoms with Gasteiger partial charge < -0.3 is 21.6 Å². The molecule has 3 heterocycles. The van der Waals surface area contributed by atoms with E-state index < -0.39 is 6.10 Å². The van der Waals surface area contributed by atoms with E-state index in [1.54, 1.807) is 32.3 Å². The topological polar surface area (TPSA) is 134 Å². The molecule has 8 nitrogen and oxygen atoms in total. The van der Waals surface area contributed by atoms with E-state index in [1.807, 2.05) is 0 Å². The van der Waals surface area contributed by atoms with Crippen molar-refractivity contribution in [2.45, 2.75) is 25.5 Å². The van der Waals surface area contributed by atoms with Gasteiger partial charge in [0.1, 0.15) is 23.7 Å². The van der Waals surface area contributed by atoms with E-state index >= 15 is 0 Å². The van der Waals surface area contributed by atoms with E-state index in [9.17, 15) is 9.65 Å². The van der Waals surface area contributed by atoms with Crippen LogP contribution in [0.25, 0.3) is 5.57 Å². The average molecular weight is 419 g/mol. The van der Waals surface area contributed by atoms with Gasteiger partial charge in [0.25, 0.3) is 0 Å². The van der Waals surface area contributed by atoms with Crippen molar-refractivity contribution in [3.05, 3.63) is 70.4 Å². The largest absolute Gasteiger partial charge is 0.482 e. The molecule has 2 aliphatic rings. The molecule has 0 fully saturated rings. The number of allylic oxidation sites excluding steroid dienone is 1. The van der Waals surface area contributed by atoms with Gasteiger partial charge in [-0.1, -0.05) is 0 Å². The lowest BCUT2D eigenvalue weighted by atomic mass is 9.88. The van der Waals surface area contributed by atoms with Gasteiger partial charge in [0, 0.05) is 35.5 Å². The summed E-state index contributed by atoms with van der Waals surface area (Å²) in [6, 6.07) is 8.09. The number of nitriles is 1. The summed E-state index contributed by atoms with van der Waals surface area (Å²) in [5.74, 6) is 0.160. The first kappa shape index (κ1) is 20.4. The number of nitrogen functional groups attached to an aromatic ring is 1. The van der Waals surface area contributed by atoms with Crippen molar-refractivity contribution in [2.75, 3.05) is 12.8 Å². The maximum absolute atomic E-state index is 14.2. The van der Waals surface area contributed by atoms with E-state index in [0.29, 0.717) is 40.3 Å². The summed E-state index contributed by atoms with van der Waals surface area (Å²) in [6.07, 6.45) is 2.97. The van der Waals surface area contributed by atoms with Gasteiger partial charge in [0.05, 0.1) is 11.8 Å². The molecule has 0 radical (unpaired) electrons. The van der Waals surface area contributed by atoms with Crippen LogP contribution in [0, 0.1) is 17.1 Å². The third-order valence-corrected chi connectivity index (χ3v) is 5.46. The number of nitrogens with two attached hydrogens (primary N) is 2. The number of aliphatic imine (C=N–C) groups is 1. The summed E-state index contributed by atoms with van der Waals surface area (Å²) >= 11 is 0. The van der Waals surface area contributed by atoms with E-state index in [1.165, 1.54) is 18.3 Å².